The van der Waals surface area contributed by atoms with Gasteiger partial charge < -0.3 is 19.4 Å². The standard InChI is InChI=1S/C21H21F3N6O2/c1-30-7-4-15-18(28-17(11-25)29-19(15)30)13-10-16(21(22,23)24)20(27-12-13)32-9-8-31-14-2-5-26-6-3-14/h4,7,10,12,14,26H,2-3,5-6,8-9H2,1H3. The van der Waals surface area contributed by atoms with E-state index in [1.807, 2.05) is 6.07 Å². The smallest absolute Gasteiger partial charge is 0.421 e. The normalized spacial score (nSPS) is 15.1. The number of ether oxygens (including phenoxy) is 2. The lowest BCUT2D eigenvalue weighted by molar-refractivity contribution is -0.139. The minimum absolute atomic E-state index is 0.0472. The van der Waals surface area contributed by atoms with Crippen LogP contribution < -0.4 is 10.1 Å². The summed E-state index contributed by atoms with van der Waals surface area (Å²) < 4.78 is 53.9. The molecule has 1 fully saturated rings. The first-order chi connectivity index (χ1) is 15.4. The van der Waals surface area contributed by atoms with E-state index in [4.69, 9.17) is 9.47 Å². The van der Waals surface area contributed by atoms with E-state index >= 15 is 0 Å². The first-order valence-electron chi connectivity index (χ1n) is 10.1. The van der Waals surface area contributed by atoms with E-state index in [2.05, 4.69) is 20.3 Å². The van der Waals surface area contributed by atoms with Crippen molar-refractivity contribution in [3.8, 4) is 23.2 Å². The summed E-state index contributed by atoms with van der Waals surface area (Å²) in [6, 6.07) is 4.46. The van der Waals surface area contributed by atoms with Crippen LogP contribution in [0.1, 0.15) is 24.2 Å². The molecule has 0 atom stereocenters. The number of aromatic nitrogens is 4. The summed E-state index contributed by atoms with van der Waals surface area (Å²) in [5, 5.41) is 13.0. The maximum absolute atomic E-state index is 13.8. The molecule has 0 spiro atoms. The van der Waals surface area contributed by atoms with Gasteiger partial charge >= 0.3 is 6.18 Å². The fraction of sp³-hybridized carbons (Fsp3) is 0.429. The zero-order chi connectivity index (χ0) is 22.7. The maximum Gasteiger partial charge on any atom is 0.421 e. The van der Waals surface area contributed by atoms with E-state index in [1.165, 1.54) is 6.20 Å². The van der Waals surface area contributed by atoms with E-state index in [0.717, 1.165) is 32.0 Å². The van der Waals surface area contributed by atoms with Gasteiger partial charge in [0.2, 0.25) is 11.7 Å². The van der Waals surface area contributed by atoms with E-state index in [1.54, 1.807) is 23.9 Å². The quantitative estimate of drug-likeness (QED) is 0.581. The van der Waals surface area contributed by atoms with Crippen LogP contribution >= 0.6 is 0 Å². The Morgan fingerprint density at radius 3 is 2.75 bits per heavy atom. The molecule has 0 aliphatic carbocycles. The van der Waals surface area contributed by atoms with Crippen LogP contribution in [0.3, 0.4) is 0 Å². The number of piperidine rings is 1. The van der Waals surface area contributed by atoms with Crippen LogP contribution in [0.15, 0.2) is 24.5 Å². The van der Waals surface area contributed by atoms with Gasteiger partial charge in [-0.1, -0.05) is 0 Å². The highest BCUT2D eigenvalue weighted by Crippen LogP contribution is 2.38. The predicted octanol–water partition coefficient (Wildman–Crippen LogP) is 3.07. The van der Waals surface area contributed by atoms with Gasteiger partial charge in [-0.2, -0.15) is 18.4 Å². The zero-order valence-electron chi connectivity index (χ0n) is 17.3. The van der Waals surface area contributed by atoms with Crippen molar-refractivity contribution in [2.45, 2.75) is 25.1 Å². The second kappa shape index (κ2) is 9.10. The van der Waals surface area contributed by atoms with E-state index in [0.29, 0.717) is 11.0 Å². The number of nitriles is 1. The Kier molecular flexibility index (Phi) is 6.25. The number of hydrogen-bond donors (Lipinski definition) is 1. The van der Waals surface area contributed by atoms with E-state index < -0.39 is 17.6 Å². The van der Waals surface area contributed by atoms with Gasteiger partial charge in [0, 0.05) is 30.4 Å². The average molecular weight is 446 g/mol. The Morgan fingerprint density at radius 1 is 1.25 bits per heavy atom. The van der Waals surface area contributed by atoms with Crippen molar-refractivity contribution < 1.29 is 22.6 Å². The number of hydrogen-bond acceptors (Lipinski definition) is 7. The lowest BCUT2D eigenvalue weighted by atomic mass is 10.1. The molecule has 11 heteroatoms. The third kappa shape index (κ3) is 4.66. The monoisotopic (exact) mass is 446 g/mol. The summed E-state index contributed by atoms with van der Waals surface area (Å²) in [4.78, 5) is 12.2. The fourth-order valence-electron chi connectivity index (χ4n) is 3.62. The maximum atomic E-state index is 13.8. The van der Waals surface area contributed by atoms with Gasteiger partial charge in [-0.25, -0.2) is 15.0 Å². The second-order valence-electron chi connectivity index (χ2n) is 7.41. The first-order valence-corrected chi connectivity index (χ1v) is 10.1. The molecule has 0 unspecified atom stereocenters. The van der Waals surface area contributed by atoms with Crippen LogP contribution in [0.25, 0.3) is 22.3 Å². The number of nitrogens with one attached hydrogen (secondary N) is 1. The van der Waals surface area contributed by atoms with Gasteiger partial charge in [0.25, 0.3) is 0 Å². The molecule has 3 aromatic rings. The lowest BCUT2D eigenvalue weighted by Gasteiger charge is -2.23. The molecular weight excluding hydrogens is 425 g/mol. The van der Waals surface area contributed by atoms with Crippen molar-refractivity contribution in [2.24, 2.45) is 7.05 Å². The molecule has 0 amide bonds. The second-order valence-corrected chi connectivity index (χ2v) is 7.41. The van der Waals surface area contributed by atoms with Gasteiger partial charge in [-0.05, 0) is 38.1 Å². The van der Waals surface area contributed by atoms with Crippen LogP contribution in [0.2, 0.25) is 0 Å². The molecule has 8 nitrogen and oxygen atoms in total. The van der Waals surface area contributed by atoms with E-state index in [-0.39, 0.29) is 36.4 Å². The Bertz CT molecular complexity index is 1150. The molecule has 0 bridgehead atoms. The number of aryl methyl sites for hydroxylation is 1. The molecule has 1 saturated heterocycles. The lowest BCUT2D eigenvalue weighted by Crippen LogP contribution is -2.33. The molecule has 1 aliphatic rings. The van der Waals surface area contributed by atoms with Crippen molar-refractivity contribution in [1.29, 1.82) is 5.26 Å². The molecule has 3 aromatic heterocycles. The summed E-state index contributed by atoms with van der Waals surface area (Å²) >= 11 is 0. The number of nitrogens with zero attached hydrogens (tertiary/aromatic N) is 5. The molecule has 0 aromatic carbocycles. The van der Waals surface area contributed by atoms with Crippen LogP contribution in [0, 0.1) is 11.3 Å². The molecule has 1 aliphatic heterocycles. The van der Waals surface area contributed by atoms with Crippen LogP contribution in [-0.4, -0.2) is 51.9 Å². The highest BCUT2D eigenvalue weighted by atomic mass is 19.4. The summed E-state index contributed by atoms with van der Waals surface area (Å²) in [6.07, 6.45) is 0.0691. The van der Waals surface area contributed by atoms with Crippen molar-refractivity contribution in [3.63, 3.8) is 0 Å². The van der Waals surface area contributed by atoms with Gasteiger partial charge in [0.15, 0.2) is 0 Å². The summed E-state index contributed by atoms with van der Waals surface area (Å²) in [5.74, 6) is -0.660. The molecule has 1 N–H and O–H groups in total. The minimum atomic E-state index is -4.69. The number of pyridine rings is 1. The molecule has 0 saturated carbocycles. The van der Waals surface area contributed by atoms with Crippen LogP contribution in [0.5, 0.6) is 5.88 Å². The highest BCUT2D eigenvalue weighted by Gasteiger charge is 2.36. The fourth-order valence-corrected chi connectivity index (χ4v) is 3.62. The number of rotatable bonds is 6. The Balaban J connectivity index is 1.59. The Labute approximate surface area is 182 Å². The van der Waals surface area contributed by atoms with Gasteiger partial charge in [-0.3, -0.25) is 0 Å². The number of halogens is 3. The summed E-state index contributed by atoms with van der Waals surface area (Å²) in [7, 11) is 1.72. The van der Waals surface area contributed by atoms with Crippen LogP contribution in [0.4, 0.5) is 13.2 Å². The molecule has 0 radical (unpaired) electrons. The molecule has 4 heterocycles. The van der Waals surface area contributed by atoms with Crippen LogP contribution in [-0.2, 0) is 18.0 Å². The average Bonchev–Trinajstić information content (AvgIpc) is 3.17. The largest absolute Gasteiger partial charge is 0.475 e. The first kappa shape index (κ1) is 22.0. The summed E-state index contributed by atoms with van der Waals surface area (Å²) in [5.41, 5.74) is -0.259. The van der Waals surface area contributed by atoms with Crippen molar-refractivity contribution >= 4 is 11.0 Å². The van der Waals surface area contributed by atoms with Gasteiger partial charge in [-0.15, -0.1) is 0 Å². The van der Waals surface area contributed by atoms with E-state index in [9.17, 15) is 18.4 Å². The van der Waals surface area contributed by atoms with Gasteiger partial charge in [0.05, 0.1) is 18.4 Å². The molecule has 4 rings (SSSR count). The third-order valence-corrected chi connectivity index (χ3v) is 5.22. The zero-order valence-corrected chi connectivity index (χ0v) is 17.3. The van der Waals surface area contributed by atoms with Crippen molar-refractivity contribution in [3.05, 3.63) is 35.9 Å². The SMILES string of the molecule is Cn1ccc2c(-c3cnc(OCCOC4CCNCC4)c(C(F)(F)F)c3)nc(C#N)nc21. The summed E-state index contributed by atoms with van der Waals surface area (Å²) in [6.45, 7) is 1.85. The Hall–Kier alpha value is -3.23. The third-order valence-electron chi connectivity index (χ3n) is 5.22. The number of alkyl halides is 3. The van der Waals surface area contributed by atoms with Gasteiger partial charge in [0.1, 0.15) is 23.9 Å². The number of fused-ring (bicyclic) bond motifs is 1. The topological polar surface area (TPSA) is 97.9 Å². The Morgan fingerprint density at radius 2 is 2.03 bits per heavy atom. The molecule has 32 heavy (non-hydrogen) atoms. The minimum Gasteiger partial charge on any atom is -0.475 e. The molecular formula is C21H21F3N6O2. The van der Waals surface area contributed by atoms with Crippen molar-refractivity contribution in [2.75, 3.05) is 26.3 Å². The molecule has 168 valence electrons. The highest BCUT2D eigenvalue weighted by molar-refractivity contribution is 5.91. The van der Waals surface area contributed by atoms with Crippen molar-refractivity contribution in [1.82, 2.24) is 24.8 Å². The predicted molar refractivity (Wildman–Crippen MR) is 109 cm³/mol.